The zero-order chi connectivity index (χ0) is 16.9. The monoisotopic (exact) mass is 340 g/mol. The van der Waals surface area contributed by atoms with Gasteiger partial charge in [0.05, 0.1) is 13.2 Å². The minimum absolute atomic E-state index is 0.0485. The average Bonchev–Trinajstić information content (AvgIpc) is 3.51. The molecule has 5 heteroatoms. The van der Waals surface area contributed by atoms with Crippen molar-refractivity contribution < 1.29 is 14.2 Å². The van der Waals surface area contributed by atoms with E-state index in [0.29, 0.717) is 30.8 Å². The predicted octanol–water partition coefficient (Wildman–Crippen LogP) is 2.98. The number of ether oxygens (including phenoxy) is 3. The third-order valence-corrected chi connectivity index (χ3v) is 4.56. The van der Waals surface area contributed by atoms with Crippen molar-refractivity contribution in [2.45, 2.75) is 25.0 Å². The molecule has 25 heavy (non-hydrogen) atoms. The number of pyridine rings is 1. The molecule has 1 aromatic carbocycles. The summed E-state index contributed by atoms with van der Waals surface area (Å²) >= 11 is 0. The minimum Gasteiger partial charge on any atom is -0.477 e. The molecular formula is C20H24N2O3. The van der Waals surface area contributed by atoms with E-state index >= 15 is 0 Å². The second-order valence-corrected chi connectivity index (χ2v) is 6.62. The van der Waals surface area contributed by atoms with Gasteiger partial charge in [0.25, 0.3) is 5.88 Å². The van der Waals surface area contributed by atoms with Crippen LogP contribution in [0.15, 0.2) is 48.7 Å². The van der Waals surface area contributed by atoms with Gasteiger partial charge in [0.2, 0.25) is 0 Å². The molecule has 1 N–H and O–H groups in total. The van der Waals surface area contributed by atoms with E-state index in [4.69, 9.17) is 14.2 Å². The highest BCUT2D eigenvalue weighted by molar-refractivity contribution is 5.34. The van der Waals surface area contributed by atoms with Crippen LogP contribution >= 0.6 is 0 Å². The van der Waals surface area contributed by atoms with Gasteiger partial charge in [0.15, 0.2) is 11.9 Å². The summed E-state index contributed by atoms with van der Waals surface area (Å²) in [6.45, 7) is 3.04. The van der Waals surface area contributed by atoms with Crippen LogP contribution in [0, 0.1) is 5.92 Å². The summed E-state index contributed by atoms with van der Waals surface area (Å²) in [5.74, 6) is 1.91. The maximum Gasteiger partial charge on any atom is 0.257 e. The molecule has 1 saturated heterocycles. The highest BCUT2D eigenvalue weighted by atomic mass is 16.6. The number of nitrogens with zero attached hydrogens (tertiary/aromatic N) is 1. The first-order chi connectivity index (χ1) is 12.4. The Morgan fingerprint density at radius 3 is 2.80 bits per heavy atom. The summed E-state index contributed by atoms with van der Waals surface area (Å²) in [4.78, 5) is 4.37. The average molecular weight is 340 g/mol. The van der Waals surface area contributed by atoms with Crippen LogP contribution in [0.25, 0.3) is 0 Å². The number of benzene rings is 1. The molecule has 0 spiro atoms. The van der Waals surface area contributed by atoms with Crippen LogP contribution in [0.5, 0.6) is 11.6 Å². The molecule has 1 aliphatic heterocycles. The van der Waals surface area contributed by atoms with Gasteiger partial charge in [-0.1, -0.05) is 30.3 Å². The van der Waals surface area contributed by atoms with Crippen molar-refractivity contribution in [2.24, 2.45) is 5.92 Å². The fourth-order valence-electron chi connectivity index (χ4n) is 2.97. The predicted molar refractivity (Wildman–Crippen MR) is 94.9 cm³/mol. The third-order valence-electron chi connectivity index (χ3n) is 4.56. The number of aromatic nitrogens is 1. The Morgan fingerprint density at radius 1 is 1.16 bits per heavy atom. The molecule has 132 valence electrons. The van der Waals surface area contributed by atoms with Crippen LogP contribution in [0.4, 0.5) is 0 Å². The van der Waals surface area contributed by atoms with E-state index < -0.39 is 0 Å². The molecule has 4 rings (SSSR count). The minimum atomic E-state index is -0.207. The maximum absolute atomic E-state index is 6.37. The lowest BCUT2D eigenvalue weighted by Crippen LogP contribution is -2.43. The number of rotatable bonds is 7. The number of nitrogens with one attached hydrogen (secondary N) is 1. The Balaban J connectivity index is 1.55. The molecule has 2 aromatic rings. The quantitative estimate of drug-likeness (QED) is 0.840. The van der Waals surface area contributed by atoms with Gasteiger partial charge in [-0.05, 0) is 36.5 Å². The van der Waals surface area contributed by atoms with Crippen molar-refractivity contribution in [3.63, 3.8) is 0 Å². The van der Waals surface area contributed by atoms with E-state index in [1.54, 1.807) is 6.20 Å². The molecular weight excluding hydrogens is 316 g/mol. The normalized spacial score (nSPS) is 21.5. The van der Waals surface area contributed by atoms with E-state index in [9.17, 15) is 0 Å². The topological polar surface area (TPSA) is 52.6 Å². The highest BCUT2D eigenvalue weighted by Crippen LogP contribution is 2.34. The molecule has 2 unspecified atom stereocenters. The molecule has 0 bridgehead atoms. The first-order valence-electron chi connectivity index (χ1n) is 9.02. The lowest BCUT2D eigenvalue weighted by molar-refractivity contribution is -0.0441. The fourth-order valence-corrected chi connectivity index (χ4v) is 2.97. The van der Waals surface area contributed by atoms with Crippen molar-refractivity contribution >= 4 is 0 Å². The Bertz CT molecular complexity index is 670. The van der Waals surface area contributed by atoms with Gasteiger partial charge < -0.3 is 19.5 Å². The summed E-state index contributed by atoms with van der Waals surface area (Å²) in [5.41, 5.74) is 1.09. The molecule has 2 fully saturated rings. The number of hydrogen-bond donors (Lipinski definition) is 1. The Morgan fingerprint density at radius 2 is 2.04 bits per heavy atom. The Labute approximate surface area is 148 Å². The molecule has 1 aromatic heterocycles. The first kappa shape index (κ1) is 16.4. The van der Waals surface area contributed by atoms with E-state index in [2.05, 4.69) is 22.4 Å². The van der Waals surface area contributed by atoms with Crippen LogP contribution in [0.3, 0.4) is 0 Å². The molecule has 0 amide bonds. The number of hydrogen-bond acceptors (Lipinski definition) is 5. The zero-order valence-corrected chi connectivity index (χ0v) is 14.3. The van der Waals surface area contributed by atoms with Crippen LogP contribution in [-0.4, -0.2) is 37.4 Å². The SMILES string of the molecule is c1ccc(C(Oc2cccnc2OCC2CC2)C2CNCCO2)cc1. The van der Waals surface area contributed by atoms with Gasteiger partial charge in [-0.2, -0.15) is 0 Å². The smallest absolute Gasteiger partial charge is 0.257 e. The summed E-state index contributed by atoms with van der Waals surface area (Å²) in [7, 11) is 0. The van der Waals surface area contributed by atoms with E-state index in [1.165, 1.54) is 12.8 Å². The van der Waals surface area contributed by atoms with Gasteiger partial charge >= 0.3 is 0 Å². The van der Waals surface area contributed by atoms with Crippen LogP contribution in [-0.2, 0) is 4.74 Å². The summed E-state index contributed by atoms with van der Waals surface area (Å²) in [6, 6.07) is 14.0. The van der Waals surface area contributed by atoms with E-state index in [1.807, 2.05) is 30.3 Å². The van der Waals surface area contributed by atoms with E-state index in [0.717, 1.165) is 18.7 Å². The largest absolute Gasteiger partial charge is 0.477 e. The van der Waals surface area contributed by atoms with Gasteiger partial charge in [-0.25, -0.2) is 4.98 Å². The molecule has 0 radical (unpaired) electrons. The Kier molecular flexibility index (Phi) is 5.14. The summed E-state index contributed by atoms with van der Waals surface area (Å²) < 4.78 is 18.2. The standard InChI is InChI=1S/C20H24N2O3/c1-2-5-16(6-3-1)19(18-13-21-11-12-23-18)25-17-7-4-10-22-20(17)24-14-15-8-9-15/h1-7,10,15,18-19,21H,8-9,11-14H2. The molecule has 2 heterocycles. The van der Waals surface area contributed by atoms with Crippen LogP contribution < -0.4 is 14.8 Å². The van der Waals surface area contributed by atoms with Gasteiger partial charge in [-0.15, -0.1) is 0 Å². The van der Waals surface area contributed by atoms with Crippen molar-refractivity contribution in [1.82, 2.24) is 10.3 Å². The van der Waals surface area contributed by atoms with Crippen molar-refractivity contribution in [2.75, 3.05) is 26.3 Å². The lowest BCUT2D eigenvalue weighted by atomic mass is 10.0. The second-order valence-electron chi connectivity index (χ2n) is 6.62. The van der Waals surface area contributed by atoms with Crippen LogP contribution in [0.2, 0.25) is 0 Å². The third kappa shape index (κ3) is 4.30. The van der Waals surface area contributed by atoms with Crippen LogP contribution in [0.1, 0.15) is 24.5 Å². The molecule has 2 atom stereocenters. The summed E-state index contributed by atoms with van der Waals surface area (Å²) in [6.07, 6.45) is 3.98. The van der Waals surface area contributed by atoms with Gasteiger partial charge in [0, 0.05) is 19.3 Å². The number of morpholine rings is 1. The van der Waals surface area contributed by atoms with E-state index in [-0.39, 0.29) is 12.2 Å². The zero-order valence-electron chi connectivity index (χ0n) is 14.3. The van der Waals surface area contributed by atoms with Crippen molar-refractivity contribution in [3.8, 4) is 11.6 Å². The second kappa shape index (κ2) is 7.85. The fraction of sp³-hybridized carbons (Fsp3) is 0.450. The molecule has 5 nitrogen and oxygen atoms in total. The van der Waals surface area contributed by atoms with Crippen molar-refractivity contribution in [3.05, 3.63) is 54.2 Å². The summed E-state index contributed by atoms with van der Waals surface area (Å²) in [5, 5.41) is 3.38. The van der Waals surface area contributed by atoms with Gasteiger partial charge in [0.1, 0.15) is 6.10 Å². The molecule has 1 aliphatic carbocycles. The lowest BCUT2D eigenvalue weighted by Gasteiger charge is -2.31. The van der Waals surface area contributed by atoms with Crippen molar-refractivity contribution in [1.29, 1.82) is 0 Å². The highest BCUT2D eigenvalue weighted by Gasteiger charge is 2.29. The first-order valence-corrected chi connectivity index (χ1v) is 9.02. The Hall–Kier alpha value is -2.11. The molecule has 2 aliphatic rings. The van der Waals surface area contributed by atoms with Gasteiger partial charge in [-0.3, -0.25) is 0 Å². The molecule has 1 saturated carbocycles. The maximum atomic E-state index is 6.37.